The van der Waals surface area contributed by atoms with Crippen LogP contribution in [0.3, 0.4) is 0 Å². The average Bonchev–Trinajstić information content (AvgIpc) is 2.35. The molecule has 1 aromatic heterocycles. The standard InChI is InChI=1S/C10H19N5S/c1-6-11-7-12-8(15-10(2,3)4)14-9(13-7)16-5/h6H2,1-5H3,(H2,11,12,13,14,15)/i/hD2. The van der Waals surface area contributed by atoms with Crippen molar-refractivity contribution in [2.24, 2.45) is 0 Å². The first-order chi connectivity index (χ1) is 8.29. The number of hydrogen-bond acceptors (Lipinski definition) is 6. The van der Waals surface area contributed by atoms with Crippen LogP contribution in [0, 0.1) is 0 Å². The van der Waals surface area contributed by atoms with Crippen LogP contribution < -0.4 is 10.6 Å². The summed E-state index contributed by atoms with van der Waals surface area (Å²) in [4.78, 5) is 12.5. The van der Waals surface area contributed by atoms with Crippen molar-refractivity contribution in [1.29, 1.82) is 0 Å². The van der Waals surface area contributed by atoms with Crippen molar-refractivity contribution in [2.45, 2.75) is 38.4 Å². The van der Waals surface area contributed by atoms with Gasteiger partial charge in [0.1, 0.15) is 0 Å². The molecule has 0 aromatic carbocycles. The van der Waals surface area contributed by atoms with Crippen molar-refractivity contribution >= 4 is 23.7 Å². The maximum Gasteiger partial charge on any atom is 0.228 e. The van der Waals surface area contributed by atoms with Gasteiger partial charge in [-0.15, -0.1) is 0 Å². The summed E-state index contributed by atoms with van der Waals surface area (Å²) in [6, 6.07) is 0. The van der Waals surface area contributed by atoms with Crippen LogP contribution in [0.5, 0.6) is 0 Å². The Morgan fingerprint density at radius 2 is 1.88 bits per heavy atom. The molecule has 0 saturated heterocycles. The molecule has 0 radical (unpaired) electrons. The van der Waals surface area contributed by atoms with E-state index in [2.05, 4.69) is 15.0 Å². The molecule has 90 valence electrons. The molecule has 0 unspecified atom stereocenters. The van der Waals surface area contributed by atoms with Crippen LogP contribution in [0.15, 0.2) is 5.16 Å². The van der Waals surface area contributed by atoms with Gasteiger partial charge in [-0.2, -0.15) is 15.0 Å². The zero-order chi connectivity index (χ0) is 13.9. The quantitative estimate of drug-likeness (QED) is 0.791. The highest BCUT2D eigenvalue weighted by Crippen LogP contribution is 2.16. The molecule has 1 heterocycles. The van der Waals surface area contributed by atoms with Gasteiger partial charge in [0.05, 0.1) is 0 Å². The molecule has 5 nitrogen and oxygen atoms in total. The smallest absolute Gasteiger partial charge is 0.228 e. The van der Waals surface area contributed by atoms with Gasteiger partial charge in [0, 0.05) is 12.1 Å². The highest BCUT2D eigenvalue weighted by Gasteiger charge is 2.13. The summed E-state index contributed by atoms with van der Waals surface area (Å²) in [5.74, 6) is 0.538. The molecule has 1 aromatic rings. The lowest BCUT2D eigenvalue weighted by molar-refractivity contribution is 0.622. The maximum absolute atomic E-state index is 8.02. The van der Waals surface area contributed by atoms with E-state index in [0.29, 0.717) is 11.7 Å². The second-order valence-corrected chi connectivity index (χ2v) is 4.95. The topological polar surface area (TPSA) is 62.7 Å². The van der Waals surface area contributed by atoms with Gasteiger partial charge in [-0.3, -0.25) is 0 Å². The van der Waals surface area contributed by atoms with E-state index < -0.39 is 5.54 Å². The van der Waals surface area contributed by atoms with E-state index in [4.69, 9.17) is 2.82 Å². The van der Waals surface area contributed by atoms with E-state index in [-0.39, 0.29) is 11.9 Å². The lowest BCUT2D eigenvalue weighted by Crippen LogP contribution is -2.27. The van der Waals surface area contributed by atoms with Crippen molar-refractivity contribution in [3.05, 3.63) is 0 Å². The molecule has 0 aliphatic heterocycles. The summed E-state index contributed by atoms with van der Waals surface area (Å²) in [5.41, 5.74) is -0.409. The molecular weight excluding hydrogens is 222 g/mol. The van der Waals surface area contributed by atoms with Crippen LogP contribution in [0.2, 0.25) is 2.82 Å². The molecule has 16 heavy (non-hydrogen) atoms. The minimum Gasteiger partial charge on any atom is -0.354 e. The highest BCUT2D eigenvalue weighted by molar-refractivity contribution is 7.98. The third-order valence-corrected chi connectivity index (χ3v) is 2.06. The molecule has 2 N–H and O–H groups in total. The SMILES string of the molecule is [2H]N(CC)c1nc(SC)nc(N([2H])C(C)(C)C)n1. The Kier molecular flexibility index (Phi) is 3.38. The largest absolute Gasteiger partial charge is 0.354 e. The first-order valence-electron chi connectivity index (χ1n) is 6.04. The van der Waals surface area contributed by atoms with E-state index in [1.807, 2.05) is 34.0 Å². The van der Waals surface area contributed by atoms with Crippen LogP contribution in [-0.2, 0) is 0 Å². The number of rotatable bonds is 4. The number of thioether (sulfide) groups is 1. The van der Waals surface area contributed by atoms with Crippen molar-refractivity contribution < 1.29 is 2.82 Å². The summed E-state index contributed by atoms with van der Waals surface area (Å²) in [7, 11) is 0. The molecule has 6 heteroatoms. The Labute approximate surface area is 104 Å². The second kappa shape index (κ2) is 5.34. The van der Waals surface area contributed by atoms with Crippen LogP contribution in [-0.4, -0.2) is 33.3 Å². The minimum atomic E-state index is -0.409. The Morgan fingerprint density at radius 1 is 1.25 bits per heavy atom. The Balaban J connectivity index is 3.20. The predicted molar refractivity (Wildman–Crippen MR) is 69.1 cm³/mol. The summed E-state index contributed by atoms with van der Waals surface area (Å²) < 4.78 is 15.7. The van der Waals surface area contributed by atoms with E-state index >= 15 is 0 Å². The van der Waals surface area contributed by atoms with Crippen LogP contribution in [0.25, 0.3) is 0 Å². The molecule has 0 atom stereocenters. The molecule has 0 saturated carbocycles. The van der Waals surface area contributed by atoms with Gasteiger partial charge in [-0.25, -0.2) is 0 Å². The molecule has 0 aliphatic rings. The number of hydrogen-bond donors (Lipinski definition) is 2. The molecule has 0 spiro atoms. The van der Waals surface area contributed by atoms with Gasteiger partial charge in [0.15, 0.2) is 7.98 Å². The lowest BCUT2D eigenvalue weighted by atomic mass is 10.1. The molecule has 1 rings (SSSR count). The Hall–Kier alpha value is -1.04. The number of anilines is 2. The fourth-order valence-electron chi connectivity index (χ4n) is 0.989. The van der Waals surface area contributed by atoms with Crippen LogP contribution in [0.4, 0.5) is 11.9 Å². The number of nitrogens with zero attached hydrogens (tertiary/aromatic N) is 3. The normalized spacial score (nSPS) is 13.1. The number of nitrogens with one attached hydrogen (secondary N) is 2. The average molecular weight is 243 g/mol. The van der Waals surface area contributed by atoms with Crippen molar-refractivity contribution in [1.82, 2.24) is 15.0 Å². The monoisotopic (exact) mass is 243 g/mol. The maximum atomic E-state index is 8.02. The third kappa shape index (κ3) is 4.22. The van der Waals surface area contributed by atoms with Gasteiger partial charge in [0.25, 0.3) is 0 Å². The molecule has 0 bridgehead atoms. The Bertz CT molecular complexity index is 410. The highest BCUT2D eigenvalue weighted by atomic mass is 32.2. The fourth-order valence-corrected chi connectivity index (χ4v) is 1.33. The molecule has 0 aliphatic carbocycles. The third-order valence-electron chi connectivity index (χ3n) is 1.51. The fraction of sp³-hybridized carbons (Fsp3) is 0.700. The minimum absolute atomic E-state index is 0.266. The van der Waals surface area contributed by atoms with Gasteiger partial charge in [-0.05, 0) is 34.0 Å². The van der Waals surface area contributed by atoms with Crippen molar-refractivity contribution in [2.75, 3.05) is 23.4 Å². The van der Waals surface area contributed by atoms with Gasteiger partial charge in [-0.1, -0.05) is 11.8 Å². The van der Waals surface area contributed by atoms with Crippen molar-refractivity contribution in [3.63, 3.8) is 0 Å². The zero-order valence-electron chi connectivity index (χ0n) is 12.4. The summed E-state index contributed by atoms with van der Waals surface area (Å²) in [6.45, 7) is 8.03. The summed E-state index contributed by atoms with van der Waals surface area (Å²) in [6.07, 6.45) is 1.86. The first-order valence-corrected chi connectivity index (χ1v) is 6.37. The van der Waals surface area contributed by atoms with Crippen molar-refractivity contribution in [3.8, 4) is 0 Å². The first kappa shape index (κ1) is 10.1. The van der Waals surface area contributed by atoms with E-state index in [0.717, 1.165) is 0 Å². The number of aromatic nitrogens is 3. The zero-order valence-corrected chi connectivity index (χ0v) is 11.2. The van der Waals surface area contributed by atoms with Gasteiger partial charge < -0.3 is 10.6 Å². The van der Waals surface area contributed by atoms with Crippen LogP contribution in [0.1, 0.15) is 27.7 Å². The summed E-state index contributed by atoms with van der Waals surface area (Å²) in [5, 5.41) is 2.94. The molecular formula is C10H19N5S. The second-order valence-electron chi connectivity index (χ2n) is 4.18. The lowest BCUT2D eigenvalue weighted by Gasteiger charge is -2.20. The van der Waals surface area contributed by atoms with Gasteiger partial charge in [0.2, 0.25) is 11.9 Å². The predicted octanol–water partition coefficient (Wildman–Crippen LogP) is 2.24. The Morgan fingerprint density at radius 3 is 2.38 bits per heavy atom. The van der Waals surface area contributed by atoms with E-state index in [1.54, 1.807) is 0 Å². The van der Waals surface area contributed by atoms with E-state index in [1.165, 1.54) is 22.4 Å². The summed E-state index contributed by atoms with van der Waals surface area (Å²) >= 11 is 1.37. The van der Waals surface area contributed by atoms with Crippen LogP contribution >= 0.6 is 11.8 Å². The van der Waals surface area contributed by atoms with E-state index in [9.17, 15) is 0 Å². The molecule has 0 amide bonds. The molecule has 0 fully saturated rings. The van der Waals surface area contributed by atoms with Gasteiger partial charge >= 0.3 is 0 Å².